The van der Waals surface area contributed by atoms with Crippen molar-refractivity contribution in [3.8, 4) is 0 Å². The Morgan fingerprint density at radius 3 is 2.06 bits per heavy atom. The summed E-state index contributed by atoms with van der Waals surface area (Å²) in [4.78, 5) is 4.57. The van der Waals surface area contributed by atoms with E-state index in [0.717, 1.165) is 0 Å². The summed E-state index contributed by atoms with van der Waals surface area (Å²) in [6, 6.07) is 2.46. The molecular formula is C15H23N3. The number of rotatable bonds is 3. The van der Waals surface area contributed by atoms with E-state index < -0.39 is 0 Å². The quantitative estimate of drug-likeness (QED) is 0.809. The van der Waals surface area contributed by atoms with Gasteiger partial charge in [-0.25, -0.2) is 0 Å². The van der Waals surface area contributed by atoms with Crippen LogP contribution < -0.4 is 0 Å². The van der Waals surface area contributed by atoms with Crippen molar-refractivity contribution in [3.63, 3.8) is 0 Å². The number of pyridine rings is 1. The lowest BCUT2D eigenvalue weighted by Crippen LogP contribution is -2.03. The lowest BCUT2D eigenvalue weighted by molar-refractivity contribution is 0.539. The maximum Gasteiger partial charge on any atom is 0.0747 e. The fourth-order valence-electron chi connectivity index (χ4n) is 2.38. The fraction of sp³-hybridized carbons (Fsp3) is 0.600. The van der Waals surface area contributed by atoms with Gasteiger partial charge in [0.05, 0.1) is 16.9 Å². The van der Waals surface area contributed by atoms with Crippen LogP contribution in [0.5, 0.6) is 0 Å². The van der Waals surface area contributed by atoms with Crippen molar-refractivity contribution in [3.05, 3.63) is 23.7 Å². The molecular weight excluding hydrogens is 222 g/mol. The van der Waals surface area contributed by atoms with E-state index in [2.05, 4.69) is 57.3 Å². The Morgan fingerprint density at radius 2 is 1.56 bits per heavy atom. The Balaban J connectivity index is 2.83. The third kappa shape index (κ3) is 2.02. The number of hydrogen-bond donors (Lipinski definition) is 0. The minimum absolute atomic E-state index is 0.377. The molecule has 3 nitrogen and oxygen atoms in total. The Labute approximate surface area is 109 Å². The molecule has 3 heteroatoms. The molecule has 0 spiro atoms. The Bertz CT molecular complexity index is 550. The van der Waals surface area contributed by atoms with Crippen LogP contribution in [0.1, 0.15) is 70.8 Å². The molecule has 0 unspecified atom stereocenters. The van der Waals surface area contributed by atoms with E-state index in [9.17, 15) is 0 Å². The van der Waals surface area contributed by atoms with Crippen molar-refractivity contribution < 1.29 is 0 Å². The summed E-state index contributed by atoms with van der Waals surface area (Å²) in [6.45, 7) is 13.1. The van der Waals surface area contributed by atoms with Crippen LogP contribution in [0.15, 0.2) is 12.3 Å². The zero-order valence-electron chi connectivity index (χ0n) is 12.2. The summed E-state index contributed by atoms with van der Waals surface area (Å²) in [5, 5.41) is 6.07. The molecule has 2 aromatic rings. The highest BCUT2D eigenvalue weighted by Crippen LogP contribution is 2.31. The second kappa shape index (κ2) is 4.71. The number of nitrogens with zero attached hydrogens (tertiary/aromatic N) is 3. The molecule has 0 saturated heterocycles. The maximum absolute atomic E-state index is 4.81. The predicted octanol–water partition coefficient (Wildman–Crippen LogP) is 4.26. The van der Waals surface area contributed by atoms with Gasteiger partial charge < -0.3 is 0 Å². The molecule has 0 bridgehead atoms. The van der Waals surface area contributed by atoms with Crippen LogP contribution in [0.2, 0.25) is 0 Å². The first-order valence-corrected chi connectivity index (χ1v) is 6.80. The van der Waals surface area contributed by atoms with Crippen LogP contribution in [0.3, 0.4) is 0 Å². The standard InChI is InChI=1S/C15H23N3/c1-9(2)14-13-12(7-8-16-14)18(11(5)6)17-15(13)10(3)4/h7-11H,1-6H3. The van der Waals surface area contributed by atoms with Gasteiger partial charge in [-0.1, -0.05) is 27.7 Å². The van der Waals surface area contributed by atoms with Crippen LogP contribution in [0, 0.1) is 0 Å². The number of aromatic nitrogens is 3. The van der Waals surface area contributed by atoms with E-state index in [0.29, 0.717) is 17.9 Å². The molecule has 0 N–H and O–H groups in total. The summed E-state index contributed by atoms with van der Waals surface area (Å²) in [6.07, 6.45) is 1.91. The highest BCUT2D eigenvalue weighted by molar-refractivity contribution is 5.85. The average Bonchev–Trinajstić information content (AvgIpc) is 2.67. The van der Waals surface area contributed by atoms with E-state index in [4.69, 9.17) is 5.10 Å². The van der Waals surface area contributed by atoms with Gasteiger partial charge >= 0.3 is 0 Å². The molecule has 0 aliphatic carbocycles. The monoisotopic (exact) mass is 245 g/mol. The highest BCUT2D eigenvalue weighted by atomic mass is 15.3. The van der Waals surface area contributed by atoms with Gasteiger partial charge in [0, 0.05) is 17.6 Å². The second-order valence-corrected chi connectivity index (χ2v) is 5.82. The van der Waals surface area contributed by atoms with Gasteiger partial charge in [0.2, 0.25) is 0 Å². The average molecular weight is 245 g/mol. The first kappa shape index (κ1) is 13.1. The first-order valence-electron chi connectivity index (χ1n) is 6.80. The normalized spacial score (nSPS) is 12.3. The molecule has 0 radical (unpaired) electrons. The molecule has 0 aliphatic rings. The second-order valence-electron chi connectivity index (χ2n) is 5.82. The lowest BCUT2D eigenvalue weighted by atomic mass is 10.00. The topological polar surface area (TPSA) is 30.7 Å². The summed E-state index contributed by atoms with van der Waals surface area (Å²) in [5.41, 5.74) is 3.56. The maximum atomic E-state index is 4.81. The molecule has 0 atom stereocenters. The molecule has 18 heavy (non-hydrogen) atoms. The van der Waals surface area contributed by atoms with Crippen LogP contribution in [0.25, 0.3) is 10.9 Å². The molecule has 0 aliphatic heterocycles. The van der Waals surface area contributed by atoms with E-state index in [1.807, 2.05) is 6.20 Å². The summed E-state index contributed by atoms with van der Waals surface area (Å²) >= 11 is 0. The third-order valence-electron chi connectivity index (χ3n) is 3.26. The lowest BCUT2D eigenvalue weighted by Gasteiger charge is -2.09. The molecule has 0 amide bonds. The molecule has 2 heterocycles. The van der Waals surface area contributed by atoms with Gasteiger partial charge in [0.15, 0.2) is 0 Å². The molecule has 98 valence electrons. The molecule has 0 saturated carbocycles. The smallest absolute Gasteiger partial charge is 0.0747 e. The van der Waals surface area contributed by atoms with Gasteiger partial charge in [-0.2, -0.15) is 5.10 Å². The third-order valence-corrected chi connectivity index (χ3v) is 3.26. The molecule has 2 rings (SSSR count). The SMILES string of the molecule is CC(C)c1nccc2c1c(C(C)C)nn2C(C)C. The van der Waals surface area contributed by atoms with E-state index in [1.54, 1.807) is 0 Å². The minimum atomic E-state index is 0.377. The molecule has 0 fully saturated rings. The summed E-state index contributed by atoms with van der Waals surface area (Å²) in [5.74, 6) is 0.852. The Kier molecular flexibility index (Phi) is 3.42. The van der Waals surface area contributed by atoms with Crippen molar-refractivity contribution in [2.45, 2.75) is 59.4 Å². The molecule has 0 aromatic carbocycles. The number of hydrogen-bond acceptors (Lipinski definition) is 2. The van der Waals surface area contributed by atoms with Gasteiger partial charge in [-0.15, -0.1) is 0 Å². The van der Waals surface area contributed by atoms with Crippen molar-refractivity contribution >= 4 is 10.9 Å². The van der Waals surface area contributed by atoms with Crippen LogP contribution in [-0.2, 0) is 0 Å². The Hall–Kier alpha value is -1.38. The van der Waals surface area contributed by atoms with Crippen molar-refractivity contribution in [1.82, 2.24) is 14.8 Å². The number of fused-ring (bicyclic) bond motifs is 1. The predicted molar refractivity (Wildman–Crippen MR) is 76.1 cm³/mol. The van der Waals surface area contributed by atoms with E-state index >= 15 is 0 Å². The van der Waals surface area contributed by atoms with E-state index in [1.165, 1.54) is 22.3 Å². The van der Waals surface area contributed by atoms with Gasteiger partial charge in [0.1, 0.15) is 0 Å². The minimum Gasteiger partial charge on any atom is -0.262 e. The van der Waals surface area contributed by atoms with Gasteiger partial charge in [-0.3, -0.25) is 9.67 Å². The largest absolute Gasteiger partial charge is 0.262 e. The highest BCUT2D eigenvalue weighted by Gasteiger charge is 2.19. The van der Waals surface area contributed by atoms with Gasteiger partial charge in [0.25, 0.3) is 0 Å². The Morgan fingerprint density at radius 1 is 0.944 bits per heavy atom. The molecule has 2 aromatic heterocycles. The fourth-order valence-corrected chi connectivity index (χ4v) is 2.38. The van der Waals surface area contributed by atoms with Crippen LogP contribution in [-0.4, -0.2) is 14.8 Å². The van der Waals surface area contributed by atoms with Crippen molar-refractivity contribution in [1.29, 1.82) is 0 Å². The zero-order valence-corrected chi connectivity index (χ0v) is 12.2. The summed E-state index contributed by atoms with van der Waals surface area (Å²) < 4.78 is 2.12. The first-order chi connectivity index (χ1) is 8.43. The van der Waals surface area contributed by atoms with E-state index in [-0.39, 0.29) is 0 Å². The van der Waals surface area contributed by atoms with Crippen molar-refractivity contribution in [2.24, 2.45) is 0 Å². The zero-order chi connectivity index (χ0) is 13.4. The van der Waals surface area contributed by atoms with Crippen LogP contribution in [0.4, 0.5) is 0 Å². The van der Waals surface area contributed by atoms with Gasteiger partial charge in [-0.05, 0) is 31.7 Å². The summed E-state index contributed by atoms with van der Waals surface area (Å²) in [7, 11) is 0. The van der Waals surface area contributed by atoms with Crippen molar-refractivity contribution in [2.75, 3.05) is 0 Å². The van der Waals surface area contributed by atoms with Crippen LogP contribution >= 0.6 is 0 Å².